The fourth-order valence-electron chi connectivity index (χ4n) is 1.80. The summed E-state index contributed by atoms with van der Waals surface area (Å²) in [6.45, 7) is 2.57. The van der Waals surface area contributed by atoms with Crippen LogP contribution in [0.25, 0.3) is 0 Å². The van der Waals surface area contributed by atoms with Gasteiger partial charge in [0.05, 0.1) is 13.4 Å². The van der Waals surface area contributed by atoms with Gasteiger partial charge in [-0.05, 0) is 25.1 Å². The van der Waals surface area contributed by atoms with E-state index in [1.807, 2.05) is 23.2 Å². The molecule has 6 nitrogen and oxygen atoms in total. The number of nitrogens with one attached hydrogen (secondary N) is 2. The lowest BCUT2D eigenvalue weighted by Crippen LogP contribution is -2.16. The Kier molecular flexibility index (Phi) is 4.74. The quantitative estimate of drug-likeness (QED) is 0.580. The molecule has 0 radical (unpaired) electrons. The van der Waals surface area contributed by atoms with Crippen molar-refractivity contribution in [1.29, 1.82) is 0 Å². The molecule has 0 unspecified atom stereocenters. The van der Waals surface area contributed by atoms with E-state index in [9.17, 15) is 4.79 Å². The van der Waals surface area contributed by atoms with E-state index in [2.05, 4.69) is 20.0 Å². The van der Waals surface area contributed by atoms with E-state index in [0.717, 1.165) is 25.2 Å². The molecule has 19 heavy (non-hydrogen) atoms. The zero-order valence-electron chi connectivity index (χ0n) is 10.9. The average molecular weight is 262 g/mol. The Hall–Kier alpha value is -2.08. The molecule has 2 N–H and O–H groups in total. The third-order valence-corrected chi connectivity index (χ3v) is 2.80. The summed E-state index contributed by atoms with van der Waals surface area (Å²) in [5.74, 6) is -0.341. The highest BCUT2D eigenvalue weighted by molar-refractivity contribution is 5.87. The summed E-state index contributed by atoms with van der Waals surface area (Å²) < 4.78 is 6.68. The molecular formula is C13H18N4O2. The van der Waals surface area contributed by atoms with Crippen molar-refractivity contribution < 1.29 is 9.53 Å². The van der Waals surface area contributed by atoms with Crippen molar-refractivity contribution in [1.82, 2.24) is 19.9 Å². The smallest absolute Gasteiger partial charge is 0.354 e. The van der Waals surface area contributed by atoms with Gasteiger partial charge in [0.15, 0.2) is 0 Å². The molecule has 2 aromatic heterocycles. The molecule has 0 spiro atoms. The number of ether oxygens (including phenoxy) is 1. The van der Waals surface area contributed by atoms with Crippen LogP contribution in [0.5, 0.6) is 0 Å². The number of esters is 1. The molecule has 0 atom stereocenters. The van der Waals surface area contributed by atoms with E-state index in [-0.39, 0.29) is 5.97 Å². The SMILES string of the molecule is COC(=O)c1ccc(CNCCCn2ccnc2)[nH]1. The number of carbonyl (C=O) groups is 1. The average Bonchev–Trinajstić information content (AvgIpc) is 3.08. The summed E-state index contributed by atoms with van der Waals surface area (Å²) in [6.07, 6.45) is 6.57. The van der Waals surface area contributed by atoms with Crippen LogP contribution >= 0.6 is 0 Å². The van der Waals surface area contributed by atoms with Crippen LogP contribution in [0.2, 0.25) is 0 Å². The highest BCUT2D eigenvalue weighted by Gasteiger charge is 2.07. The van der Waals surface area contributed by atoms with Gasteiger partial charge in [-0.25, -0.2) is 9.78 Å². The first-order valence-electron chi connectivity index (χ1n) is 6.22. The molecule has 2 aromatic rings. The number of H-pyrrole nitrogens is 1. The normalized spacial score (nSPS) is 10.6. The van der Waals surface area contributed by atoms with Gasteiger partial charge < -0.3 is 19.6 Å². The number of methoxy groups -OCH3 is 1. The molecule has 0 saturated carbocycles. The molecule has 0 bridgehead atoms. The van der Waals surface area contributed by atoms with Crippen LogP contribution in [-0.4, -0.2) is 34.2 Å². The van der Waals surface area contributed by atoms with E-state index in [0.29, 0.717) is 12.2 Å². The third-order valence-electron chi connectivity index (χ3n) is 2.80. The molecule has 0 saturated heterocycles. The number of nitrogens with zero attached hydrogens (tertiary/aromatic N) is 2. The Bertz CT molecular complexity index is 504. The van der Waals surface area contributed by atoms with Gasteiger partial charge in [-0.3, -0.25) is 0 Å². The van der Waals surface area contributed by atoms with Crippen molar-refractivity contribution in [2.45, 2.75) is 19.5 Å². The number of imidazole rings is 1. The van der Waals surface area contributed by atoms with Gasteiger partial charge in [0.2, 0.25) is 0 Å². The van der Waals surface area contributed by atoms with Gasteiger partial charge in [0, 0.05) is 31.2 Å². The lowest BCUT2D eigenvalue weighted by atomic mass is 10.4. The minimum atomic E-state index is -0.341. The maximum atomic E-state index is 11.3. The van der Waals surface area contributed by atoms with Gasteiger partial charge in [-0.2, -0.15) is 0 Å². The molecule has 0 fully saturated rings. The van der Waals surface area contributed by atoms with Gasteiger partial charge >= 0.3 is 5.97 Å². The van der Waals surface area contributed by atoms with E-state index >= 15 is 0 Å². The van der Waals surface area contributed by atoms with E-state index in [1.54, 1.807) is 12.3 Å². The number of aromatic amines is 1. The number of carbonyl (C=O) groups excluding carboxylic acids is 1. The van der Waals surface area contributed by atoms with Crippen LogP contribution < -0.4 is 5.32 Å². The van der Waals surface area contributed by atoms with Crippen LogP contribution in [0, 0.1) is 0 Å². The van der Waals surface area contributed by atoms with Crippen LogP contribution in [0.1, 0.15) is 22.6 Å². The van der Waals surface area contributed by atoms with Gasteiger partial charge in [-0.1, -0.05) is 0 Å². The minimum absolute atomic E-state index is 0.341. The zero-order chi connectivity index (χ0) is 13.5. The standard InChI is InChI=1S/C13H18N4O2/c1-19-13(18)12-4-3-11(16-12)9-14-5-2-7-17-8-6-15-10-17/h3-4,6,8,10,14,16H,2,5,7,9H2,1H3. The zero-order valence-corrected chi connectivity index (χ0v) is 10.9. The maximum Gasteiger partial charge on any atom is 0.354 e. The number of rotatable bonds is 7. The molecule has 0 aliphatic rings. The Morgan fingerprint density at radius 1 is 1.53 bits per heavy atom. The summed E-state index contributed by atoms with van der Waals surface area (Å²) >= 11 is 0. The summed E-state index contributed by atoms with van der Waals surface area (Å²) in [5, 5.41) is 3.32. The van der Waals surface area contributed by atoms with Crippen molar-refractivity contribution in [2.24, 2.45) is 0 Å². The monoisotopic (exact) mass is 262 g/mol. The fraction of sp³-hybridized carbons (Fsp3) is 0.385. The number of hydrogen-bond donors (Lipinski definition) is 2. The summed E-state index contributed by atoms with van der Waals surface area (Å²) in [5.41, 5.74) is 1.46. The number of aromatic nitrogens is 3. The first kappa shape index (κ1) is 13.4. The highest BCUT2D eigenvalue weighted by Crippen LogP contribution is 2.03. The van der Waals surface area contributed by atoms with Crippen molar-refractivity contribution >= 4 is 5.97 Å². The van der Waals surface area contributed by atoms with Crippen LogP contribution in [-0.2, 0) is 17.8 Å². The molecule has 2 heterocycles. The molecule has 6 heteroatoms. The second kappa shape index (κ2) is 6.75. The Labute approximate surface area is 111 Å². The van der Waals surface area contributed by atoms with Gasteiger partial charge in [0.1, 0.15) is 5.69 Å². The maximum absolute atomic E-state index is 11.3. The summed E-state index contributed by atoms with van der Waals surface area (Å²) in [6, 6.07) is 3.61. The fourth-order valence-corrected chi connectivity index (χ4v) is 1.80. The predicted octanol–water partition coefficient (Wildman–Crippen LogP) is 1.18. The molecule has 2 rings (SSSR count). The predicted molar refractivity (Wildman–Crippen MR) is 70.7 cm³/mol. The van der Waals surface area contributed by atoms with E-state index in [4.69, 9.17) is 0 Å². The second-order valence-corrected chi connectivity index (χ2v) is 4.22. The Morgan fingerprint density at radius 2 is 2.42 bits per heavy atom. The van der Waals surface area contributed by atoms with Crippen molar-refractivity contribution in [3.63, 3.8) is 0 Å². The largest absolute Gasteiger partial charge is 0.464 e. The van der Waals surface area contributed by atoms with Crippen LogP contribution in [0.4, 0.5) is 0 Å². The number of hydrogen-bond acceptors (Lipinski definition) is 4. The lowest BCUT2D eigenvalue weighted by Gasteiger charge is -2.04. The van der Waals surface area contributed by atoms with Crippen molar-refractivity contribution in [2.75, 3.05) is 13.7 Å². The van der Waals surface area contributed by atoms with Crippen molar-refractivity contribution in [3.05, 3.63) is 42.2 Å². The summed E-state index contributed by atoms with van der Waals surface area (Å²) in [4.78, 5) is 18.3. The van der Waals surface area contributed by atoms with Gasteiger partial charge in [-0.15, -0.1) is 0 Å². The highest BCUT2D eigenvalue weighted by atomic mass is 16.5. The second-order valence-electron chi connectivity index (χ2n) is 4.22. The molecule has 0 amide bonds. The first-order chi connectivity index (χ1) is 9.29. The van der Waals surface area contributed by atoms with E-state index < -0.39 is 0 Å². The third kappa shape index (κ3) is 3.96. The number of aryl methyl sites for hydroxylation is 1. The molecular weight excluding hydrogens is 244 g/mol. The van der Waals surface area contributed by atoms with Gasteiger partial charge in [0.25, 0.3) is 0 Å². The molecule has 102 valence electrons. The lowest BCUT2D eigenvalue weighted by molar-refractivity contribution is 0.0594. The first-order valence-corrected chi connectivity index (χ1v) is 6.22. The molecule has 0 aliphatic heterocycles. The topological polar surface area (TPSA) is 71.9 Å². The van der Waals surface area contributed by atoms with Crippen molar-refractivity contribution in [3.8, 4) is 0 Å². The van der Waals surface area contributed by atoms with E-state index in [1.165, 1.54) is 7.11 Å². The Morgan fingerprint density at radius 3 is 3.16 bits per heavy atom. The molecule has 0 aromatic carbocycles. The Balaban J connectivity index is 1.65. The molecule has 0 aliphatic carbocycles. The van der Waals surface area contributed by atoms with Crippen LogP contribution in [0.15, 0.2) is 30.9 Å². The van der Waals surface area contributed by atoms with Crippen LogP contribution in [0.3, 0.4) is 0 Å². The summed E-state index contributed by atoms with van der Waals surface area (Å²) in [7, 11) is 1.37. The minimum Gasteiger partial charge on any atom is -0.464 e.